The fourth-order valence-corrected chi connectivity index (χ4v) is 6.59. The molecule has 0 amide bonds. The maximum absolute atomic E-state index is 14.6. The van der Waals surface area contributed by atoms with Gasteiger partial charge < -0.3 is 10.6 Å². The van der Waals surface area contributed by atoms with Crippen LogP contribution in [0.5, 0.6) is 0 Å². The fourth-order valence-electron chi connectivity index (χ4n) is 4.42. The van der Waals surface area contributed by atoms with Gasteiger partial charge >= 0.3 is 0 Å². The lowest BCUT2D eigenvalue weighted by Crippen LogP contribution is -2.20. The van der Waals surface area contributed by atoms with E-state index in [1.165, 1.54) is 31.0 Å². The van der Waals surface area contributed by atoms with E-state index < -0.39 is 20.7 Å². The highest BCUT2D eigenvalue weighted by Crippen LogP contribution is 2.30. The second-order valence-corrected chi connectivity index (χ2v) is 11.7. The average molecular weight is 537 g/mol. The number of rotatable bonds is 12. The van der Waals surface area contributed by atoms with Crippen LogP contribution in [0, 0.1) is 5.82 Å². The third-order valence-corrected chi connectivity index (χ3v) is 8.74. The molecule has 6 nitrogen and oxygen atoms in total. The lowest BCUT2D eigenvalue weighted by atomic mass is 9.94. The van der Waals surface area contributed by atoms with E-state index in [4.69, 9.17) is 11.6 Å². The van der Waals surface area contributed by atoms with E-state index in [0.29, 0.717) is 24.2 Å². The summed E-state index contributed by atoms with van der Waals surface area (Å²) in [7, 11) is -4.11. The molecule has 3 aromatic rings. The summed E-state index contributed by atoms with van der Waals surface area (Å²) in [5.41, 5.74) is 1.81. The summed E-state index contributed by atoms with van der Waals surface area (Å²) >= 11 is 7.35. The molecule has 0 aliphatic carbocycles. The third kappa shape index (κ3) is 7.16. The lowest BCUT2D eigenvalue weighted by Gasteiger charge is -2.13. The first-order valence-electron chi connectivity index (χ1n) is 11.9. The van der Waals surface area contributed by atoms with Crippen molar-refractivity contribution in [1.82, 2.24) is 10.3 Å². The van der Waals surface area contributed by atoms with Crippen LogP contribution in [0.15, 0.2) is 58.9 Å². The number of hydrogen-bond acceptors (Lipinski definition) is 6. The summed E-state index contributed by atoms with van der Waals surface area (Å²) in [6, 6.07) is 13.6. The zero-order valence-corrected chi connectivity index (χ0v) is 21.7. The Kier molecular flexibility index (Phi) is 8.99. The van der Waals surface area contributed by atoms with E-state index in [9.17, 15) is 12.8 Å². The monoisotopic (exact) mass is 536 g/mol. The van der Waals surface area contributed by atoms with E-state index in [-0.39, 0.29) is 10.2 Å². The molecule has 0 spiro atoms. The maximum atomic E-state index is 14.6. The number of halogens is 2. The van der Waals surface area contributed by atoms with Gasteiger partial charge in [0.25, 0.3) is 10.0 Å². The zero-order chi connectivity index (χ0) is 24.7. The normalized spacial score (nSPS) is 18.0. The van der Waals surface area contributed by atoms with Crippen LogP contribution in [0.25, 0.3) is 0 Å². The first kappa shape index (κ1) is 25.9. The molecule has 2 aromatic carbocycles. The van der Waals surface area contributed by atoms with Gasteiger partial charge in [0.15, 0.2) is 5.13 Å². The summed E-state index contributed by atoms with van der Waals surface area (Å²) < 4.78 is 41.8. The van der Waals surface area contributed by atoms with Gasteiger partial charge in [0.05, 0.1) is 10.7 Å². The molecule has 4 rings (SSSR count). The van der Waals surface area contributed by atoms with Crippen LogP contribution in [0.1, 0.15) is 50.0 Å². The summed E-state index contributed by atoms with van der Waals surface area (Å²) in [6.45, 7) is 1.69. The van der Waals surface area contributed by atoms with Crippen LogP contribution in [0.3, 0.4) is 0 Å². The Hall–Kier alpha value is -2.20. The molecule has 1 aliphatic rings. The standard InChI is InChI=1S/C25H30ClFN4O2S2/c26-21-15-24(35(32,33)31-25-29-12-13-34-25)22(27)16-23(21)28-11-7-2-1-6-10-20-14-19(17-30-20)18-8-4-3-5-9-18/h3-5,8-9,12-13,15-16,19-20,28,30H,1-2,6-7,10-11,14,17H2,(H,29,31)/t19-,20+/m1/s1. The Morgan fingerprint density at radius 3 is 2.71 bits per heavy atom. The molecule has 0 saturated carbocycles. The number of nitrogens with one attached hydrogen (secondary N) is 3. The number of benzene rings is 2. The van der Waals surface area contributed by atoms with E-state index in [0.717, 1.165) is 49.3 Å². The van der Waals surface area contributed by atoms with Crippen molar-refractivity contribution < 1.29 is 12.8 Å². The minimum absolute atomic E-state index is 0.159. The first-order valence-corrected chi connectivity index (χ1v) is 14.6. The number of anilines is 2. The topological polar surface area (TPSA) is 83.1 Å². The van der Waals surface area contributed by atoms with Crippen molar-refractivity contribution in [3.63, 3.8) is 0 Å². The third-order valence-electron chi connectivity index (χ3n) is 6.25. The van der Waals surface area contributed by atoms with Gasteiger partial charge in [0.1, 0.15) is 10.7 Å². The predicted octanol–water partition coefficient (Wildman–Crippen LogP) is 6.24. The van der Waals surface area contributed by atoms with Crippen LogP contribution >= 0.6 is 22.9 Å². The summed E-state index contributed by atoms with van der Waals surface area (Å²) in [5, 5.41) is 8.73. The molecule has 3 N–H and O–H groups in total. The molecular weight excluding hydrogens is 507 g/mol. The first-order chi connectivity index (χ1) is 16.9. The van der Waals surface area contributed by atoms with Gasteiger partial charge in [-0.1, -0.05) is 61.2 Å². The Balaban J connectivity index is 1.16. The largest absolute Gasteiger partial charge is 0.384 e. The molecule has 188 valence electrons. The van der Waals surface area contributed by atoms with Crippen LogP contribution < -0.4 is 15.4 Å². The Bertz CT molecular complexity index is 1190. The second-order valence-electron chi connectivity index (χ2n) is 8.78. The van der Waals surface area contributed by atoms with Crippen molar-refractivity contribution >= 4 is 43.8 Å². The Morgan fingerprint density at radius 1 is 1.14 bits per heavy atom. The highest BCUT2D eigenvalue weighted by atomic mass is 35.5. The molecule has 0 bridgehead atoms. The fraction of sp³-hybridized carbons (Fsp3) is 0.400. The van der Waals surface area contributed by atoms with Crippen molar-refractivity contribution in [1.29, 1.82) is 0 Å². The quantitative estimate of drug-likeness (QED) is 0.238. The average Bonchev–Trinajstić information content (AvgIpc) is 3.53. The molecule has 1 saturated heterocycles. The molecule has 1 aliphatic heterocycles. The summed E-state index contributed by atoms with van der Waals surface area (Å²) in [6.07, 6.45) is 8.14. The molecule has 2 heterocycles. The van der Waals surface area contributed by atoms with E-state index in [2.05, 4.69) is 50.7 Å². The maximum Gasteiger partial charge on any atom is 0.266 e. The van der Waals surface area contributed by atoms with Crippen molar-refractivity contribution in [2.75, 3.05) is 23.1 Å². The van der Waals surface area contributed by atoms with E-state index >= 15 is 0 Å². The lowest BCUT2D eigenvalue weighted by molar-refractivity contribution is 0.508. The van der Waals surface area contributed by atoms with E-state index in [1.807, 2.05) is 0 Å². The van der Waals surface area contributed by atoms with Crippen LogP contribution in [-0.4, -0.2) is 32.5 Å². The van der Waals surface area contributed by atoms with Crippen molar-refractivity contribution in [3.05, 3.63) is 70.4 Å². The smallest absolute Gasteiger partial charge is 0.266 e. The van der Waals surface area contributed by atoms with Crippen molar-refractivity contribution in [3.8, 4) is 0 Å². The van der Waals surface area contributed by atoms with Crippen molar-refractivity contribution in [2.45, 2.75) is 55.4 Å². The van der Waals surface area contributed by atoms with Crippen molar-refractivity contribution in [2.24, 2.45) is 0 Å². The number of unbranched alkanes of at least 4 members (excludes halogenated alkanes) is 3. The Labute approximate surface area is 215 Å². The summed E-state index contributed by atoms with van der Waals surface area (Å²) in [5.74, 6) is -0.251. The van der Waals surface area contributed by atoms with Gasteiger partial charge in [-0.25, -0.2) is 17.8 Å². The minimum Gasteiger partial charge on any atom is -0.384 e. The molecule has 10 heteroatoms. The molecule has 0 unspecified atom stereocenters. The summed E-state index contributed by atoms with van der Waals surface area (Å²) in [4.78, 5) is 3.36. The number of aromatic nitrogens is 1. The predicted molar refractivity (Wildman–Crippen MR) is 141 cm³/mol. The molecule has 0 radical (unpaired) electrons. The van der Waals surface area contributed by atoms with Gasteiger partial charge in [0, 0.05) is 30.7 Å². The Morgan fingerprint density at radius 2 is 1.94 bits per heavy atom. The molecular formula is C25H30ClFN4O2S2. The van der Waals surface area contributed by atoms with Gasteiger partial charge in [-0.2, -0.15) is 0 Å². The highest BCUT2D eigenvalue weighted by molar-refractivity contribution is 7.93. The zero-order valence-electron chi connectivity index (χ0n) is 19.3. The van der Waals surface area contributed by atoms with Gasteiger partial charge in [-0.05, 0) is 42.9 Å². The molecule has 35 heavy (non-hydrogen) atoms. The van der Waals surface area contributed by atoms with Gasteiger partial charge in [0.2, 0.25) is 0 Å². The number of nitrogens with zero attached hydrogens (tertiary/aromatic N) is 1. The molecule has 2 atom stereocenters. The second kappa shape index (κ2) is 12.2. The van der Waals surface area contributed by atoms with E-state index in [1.54, 1.807) is 5.38 Å². The van der Waals surface area contributed by atoms with Crippen LogP contribution in [0.2, 0.25) is 5.02 Å². The number of sulfonamides is 1. The molecule has 1 aromatic heterocycles. The minimum atomic E-state index is -4.11. The molecule has 1 fully saturated rings. The number of thiazole rings is 1. The highest BCUT2D eigenvalue weighted by Gasteiger charge is 2.25. The van der Waals surface area contributed by atoms with Crippen LogP contribution in [-0.2, 0) is 10.0 Å². The van der Waals surface area contributed by atoms with Crippen LogP contribution in [0.4, 0.5) is 15.2 Å². The SMILES string of the molecule is O=S(=O)(Nc1nccs1)c1cc(Cl)c(NCCCCCC[C@H]2C[C@@H](c3ccccc3)CN2)cc1F. The van der Waals surface area contributed by atoms with Gasteiger partial charge in [-0.3, -0.25) is 4.72 Å². The van der Waals surface area contributed by atoms with Gasteiger partial charge in [-0.15, -0.1) is 11.3 Å². The number of hydrogen-bond donors (Lipinski definition) is 3.